The lowest BCUT2D eigenvalue weighted by molar-refractivity contribution is -0.138. The fourth-order valence-corrected chi connectivity index (χ4v) is 3.23. The van der Waals surface area contributed by atoms with Crippen molar-refractivity contribution in [3.05, 3.63) is 34.3 Å². The van der Waals surface area contributed by atoms with E-state index in [1.165, 1.54) is 32.1 Å². The van der Waals surface area contributed by atoms with Crippen molar-refractivity contribution in [1.82, 2.24) is 0 Å². The molecule has 0 bridgehead atoms. The van der Waals surface area contributed by atoms with Crippen molar-refractivity contribution >= 4 is 17.6 Å². The normalized spacial score (nSPS) is 18.2. The van der Waals surface area contributed by atoms with E-state index in [9.17, 15) is 4.79 Å². The molecule has 3 N–H and O–H groups in total. The molecule has 1 aromatic rings. The van der Waals surface area contributed by atoms with Crippen LogP contribution in [0.25, 0.3) is 0 Å². The minimum Gasteiger partial charge on any atom is -0.481 e. The van der Waals surface area contributed by atoms with E-state index in [-0.39, 0.29) is 6.54 Å². The summed E-state index contributed by atoms with van der Waals surface area (Å²) >= 11 is 6.33. The third-order valence-electron chi connectivity index (χ3n) is 4.01. The molecule has 2 rings (SSSR count). The topological polar surface area (TPSA) is 63.3 Å². The predicted molar refractivity (Wildman–Crippen MR) is 76.7 cm³/mol. The Morgan fingerprint density at radius 1 is 1.37 bits per heavy atom. The summed E-state index contributed by atoms with van der Waals surface area (Å²) < 4.78 is 0. The number of carbonyl (C=O) groups is 1. The Kier molecular flexibility index (Phi) is 4.83. The van der Waals surface area contributed by atoms with E-state index < -0.39 is 11.9 Å². The van der Waals surface area contributed by atoms with Crippen molar-refractivity contribution in [1.29, 1.82) is 0 Å². The molecule has 3 nitrogen and oxygen atoms in total. The Morgan fingerprint density at radius 2 is 2.05 bits per heavy atom. The summed E-state index contributed by atoms with van der Waals surface area (Å²) in [6, 6.07) is 5.62. The predicted octanol–water partition coefficient (Wildman–Crippen LogP) is 3.51. The maximum Gasteiger partial charge on any atom is 0.312 e. The van der Waals surface area contributed by atoms with Crippen molar-refractivity contribution in [2.24, 2.45) is 5.73 Å². The molecule has 0 saturated heterocycles. The molecule has 104 valence electrons. The minimum atomic E-state index is -0.899. The molecular weight excluding hydrogens is 262 g/mol. The monoisotopic (exact) mass is 281 g/mol. The van der Waals surface area contributed by atoms with Crippen LogP contribution in [0.5, 0.6) is 0 Å². The second kappa shape index (κ2) is 6.40. The van der Waals surface area contributed by atoms with Crippen LogP contribution >= 0.6 is 11.6 Å². The lowest BCUT2D eigenvalue weighted by atomic mass is 9.83. The van der Waals surface area contributed by atoms with E-state index in [4.69, 9.17) is 22.4 Å². The molecule has 0 aliphatic heterocycles. The number of carboxylic acid groups (broad SMARTS) is 1. The molecule has 0 spiro atoms. The van der Waals surface area contributed by atoms with Gasteiger partial charge >= 0.3 is 5.97 Å². The summed E-state index contributed by atoms with van der Waals surface area (Å²) in [6.07, 6.45) is 6.17. The fraction of sp³-hybridized carbons (Fsp3) is 0.533. The van der Waals surface area contributed by atoms with Gasteiger partial charge in [0.05, 0.1) is 5.92 Å². The average Bonchev–Trinajstić information content (AvgIpc) is 2.40. The highest BCUT2D eigenvalue weighted by Gasteiger charge is 2.22. The molecular formula is C15H20ClNO2. The Morgan fingerprint density at radius 3 is 2.58 bits per heavy atom. The van der Waals surface area contributed by atoms with Gasteiger partial charge in [-0.15, -0.1) is 0 Å². The number of hydrogen-bond acceptors (Lipinski definition) is 2. The molecule has 1 fully saturated rings. The number of hydrogen-bond donors (Lipinski definition) is 2. The molecule has 0 amide bonds. The van der Waals surface area contributed by atoms with Crippen LogP contribution in [-0.4, -0.2) is 17.6 Å². The van der Waals surface area contributed by atoms with Gasteiger partial charge in [-0.2, -0.15) is 0 Å². The standard InChI is InChI=1S/C15H20ClNO2/c16-14-8-11(13(9-17)15(18)19)6-7-12(14)10-4-2-1-3-5-10/h6-8,10,13H,1-5,9,17H2,(H,18,19). The van der Waals surface area contributed by atoms with Crippen molar-refractivity contribution in [2.45, 2.75) is 43.9 Å². The van der Waals surface area contributed by atoms with Gasteiger partial charge < -0.3 is 10.8 Å². The highest BCUT2D eigenvalue weighted by atomic mass is 35.5. The zero-order valence-electron chi connectivity index (χ0n) is 10.9. The fourth-order valence-electron chi connectivity index (χ4n) is 2.88. The Balaban J connectivity index is 2.23. The molecule has 1 aromatic carbocycles. The van der Waals surface area contributed by atoms with Gasteiger partial charge in [-0.25, -0.2) is 0 Å². The third kappa shape index (κ3) is 3.28. The number of benzene rings is 1. The van der Waals surface area contributed by atoms with Crippen LogP contribution in [-0.2, 0) is 4.79 Å². The van der Waals surface area contributed by atoms with Crippen LogP contribution < -0.4 is 5.73 Å². The first-order valence-corrected chi connectivity index (χ1v) is 7.23. The van der Waals surface area contributed by atoms with E-state index in [2.05, 4.69) is 0 Å². The smallest absolute Gasteiger partial charge is 0.312 e. The van der Waals surface area contributed by atoms with Crippen LogP contribution in [0, 0.1) is 0 Å². The zero-order chi connectivity index (χ0) is 13.8. The molecule has 0 heterocycles. The van der Waals surface area contributed by atoms with Gasteiger partial charge in [0.15, 0.2) is 0 Å². The highest BCUT2D eigenvalue weighted by molar-refractivity contribution is 6.31. The molecule has 0 radical (unpaired) electrons. The molecule has 19 heavy (non-hydrogen) atoms. The van der Waals surface area contributed by atoms with E-state index in [1.807, 2.05) is 12.1 Å². The van der Waals surface area contributed by atoms with Crippen LogP contribution in [0.3, 0.4) is 0 Å². The summed E-state index contributed by atoms with van der Waals surface area (Å²) in [4.78, 5) is 11.1. The SMILES string of the molecule is NCC(C(=O)O)c1ccc(C2CCCCC2)c(Cl)c1. The zero-order valence-corrected chi connectivity index (χ0v) is 11.7. The Hall–Kier alpha value is -1.06. The van der Waals surface area contributed by atoms with Gasteiger partial charge in [0.25, 0.3) is 0 Å². The largest absolute Gasteiger partial charge is 0.481 e. The van der Waals surface area contributed by atoms with E-state index in [0.29, 0.717) is 16.5 Å². The van der Waals surface area contributed by atoms with Gasteiger partial charge in [-0.1, -0.05) is 43.0 Å². The van der Waals surface area contributed by atoms with Crippen LogP contribution in [0.1, 0.15) is 55.1 Å². The molecule has 4 heteroatoms. The lowest BCUT2D eigenvalue weighted by Crippen LogP contribution is -2.21. The Bertz CT molecular complexity index is 455. The molecule has 1 saturated carbocycles. The molecule has 1 aliphatic rings. The first-order chi connectivity index (χ1) is 9.13. The maximum absolute atomic E-state index is 11.1. The number of nitrogens with two attached hydrogens (primary N) is 1. The number of rotatable bonds is 4. The van der Waals surface area contributed by atoms with E-state index >= 15 is 0 Å². The summed E-state index contributed by atoms with van der Waals surface area (Å²) in [5, 5.41) is 9.80. The van der Waals surface area contributed by atoms with Crippen LogP contribution in [0.4, 0.5) is 0 Å². The van der Waals surface area contributed by atoms with Gasteiger partial charge in [0.2, 0.25) is 0 Å². The average molecular weight is 282 g/mol. The Labute approximate surface area is 118 Å². The van der Waals surface area contributed by atoms with Gasteiger partial charge in [0.1, 0.15) is 0 Å². The van der Waals surface area contributed by atoms with E-state index in [0.717, 1.165) is 5.56 Å². The molecule has 0 aromatic heterocycles. The lowest BCUT2D eigenvalue weighted by Gasteiger charge is -2.23. The highest BCUT2D eigenvalue weighted by Crippen LogP contribution is 2.37. The van der Waals surface area contributed by atoms with Crippen molar-refractivity contribution in [3.8, 4) is 0 Å². The summed E-state index contributed by atoms with van der Waals surface area (Å²) in [5.74, 6) is -1.04. The summed E-state index contributed by atoms with van der Waals surface area (Å²) in [7, 11) is 0. The third-order valence-corrected chi connectivity index (χ3v) is 4.33. The van der Waals surface area contributed by atoms with Crippen LogP contribution in [0.15, 0.2) is 18.2 Å². The maximum atomic E-state index is 11.1. The quantitative estimate of drug-likeness (QED) is 0.888. The van der Waals surface area contributed by atoms with Gasteiger partial charge in [-0.3, -0.25) is 4.79 Å². The van der Waals surface area contributed by atoms with Crippen molar-refractivity contribution in [2.75, 3.05) is 6.54 Å². The number of carboxylic acids is 1. The first-order valence-electron chi connectivity index (χ1n) is 6.85. The molecule has 1 aliphatic carbocycles. The van der Waals surface area contributed by atoms with Crippen LogP contribution in [0.2, 0.25) is 5.02 Å². The van der Waals surface area contributed by atoms with Gasteiger partial charge in [-0.05, 0) is 36.0 Å². The van der Waals surface area contributed by atoms with E-state index in [1.54, 1.807) is 6.07 Å². The summed E-state index contributed by atoms with van der Waals surface area (Å²) in [5.41, 5.74) is 7.37. The second-order valence-corrected chi connectivity index (χ2v) is 5.65. The number of halogens is 1. The molecule has 1 atom stereocenters. The van der Waals surface area contributed by atoms with Crippen molar-refractivity contribution < 1.29 is 9.90 Å². The minimum absolute atomic E-state index is 0.0917. The summed E-state index contributed by atoms with van der Waals surface area (Å²) in [6.45, 7) is 0.0917. The van der Waals surface area contributed by atoms with Gasteiger partial charge in [0, 0.05) is 11.6 Å². The second-order valence-electron chi connectivity index (χ2n) is 5.24. The molecule has 1 unspecified atom stereocenters. The first kappa shape index (κ1) is 14.4. The number of aliphatic carboxylic acids is 1. The van der Waals surface area contributed by atoms with Crippen molar-refractivity contribution in [3.63, 3.8) is 0 Å².